The average Bonchev–Trinajstić information content (AvgIpc) is 3.35. The second-order valence-electron chi connectivity index (χ2n) is 8.68. The summed E-state index contributed by atoms with van der Waals surface area (Å²) in [5, 5.41) is 10.7. The van der Waals surface area contributed by atoms with Crippen LogP contribution in [0.15, 0.2) is 72.8 Å². The van der Waals surface area contributed by atoms with Gasteiger partial charge in [0.15, 0.2) is 12.7 Å². The number of fused-ring (bicyclic) bond motifs is 1. The number of aryl methyl sites for hydroxylation is 2. The van der Waals surface area contributed by atoms with Gasteiger partial charge in [-0.3, -0.25) is 14.4 Å². The van der Waals surface area contributed by atoms with E-state index in [1.165, 1.54) is 4.90 Å². The molecule has 0 aliphatic carbocycles. The lowest BCUT2D eigenvalue weighted by Crippen LogP contribution is -2.37. The molecule has 0 saturated carbocycles. The Morgan fingerprint density at radius 1 is 0.971 bits per heavy atom. The van der Waals surface area contributed by atoms with Gasteiger partial charge in [0, 0.05) is 5.56 Å². The maximum Gasteiger partial charge on any atom is 0.341 e. The lowest BCUT2D eigenvalue weighted by molar-refractivity contribution is -0.139. The van der Waals surface area contributed by atoms with Crippen LogP contribution in [-0.4, -0.2) is 35.6 Å². The Kier molecular flexibility index (Phi) is 5.74. The minimum atomic E-state index is -1.12. The van der Waals surface area contributed by atoms with E-state index in [4.69, 9.17) is 14.7 Å². The topological polar surface area (TPSA) is 96.4 Å². The zero-order chi connectivity index (χ0) is 24.7. The van der Waals surface area contributed by atoms with E-state index in [-0.39, 0.29) is 5.91 Å². The van der Waals surface area contributed by atoms with Crippen molar-refractivity contribution in [2.24, 2.45) is 5.92 Å². The molecule has 3 aromatic carbocycles. The van der Waals surface area contributed by atoms with Crippen molar-refractivity contribution in [3.05, 3.63) is 89.5 Å². The smallest absolute Gasteiger partial charge is 0.341 e. The Hall–Kier alpha value is -4.17. The summed E-state index contributed by atoms with van der Waals surface area (Å²) in [4.78, 5) is 45.9. The van der Waals surface area contributed by atoms with Crippen LogP contribution in [0.25, 0.3) is 0 Å². The molecule has 2 fully saturated rings. The van der Waals surface area contributed by atoms with Gasteiger partial charge in [-0.25, -0.2) is 14.8 Å². The lowest BCUT2D eigenvalue weighted by Gasteiger charge is -2.30. The maximum absolute atomic E-state index is 13.8. The number of amides is 2. The van der Waals surface area contributed by atoms with Crippen molar-refractivity contribution in [3.63, 3.8) is 0 Å². The molecular weight excluding hydrogens is 448 g/mol. The predicted molar refractivity (Wildman–Crippen MR) is 128 cm³/mol. The summed E-state index contributed by atoms with van der Waals surface area (Å²) >= 11 is 0. The van der Waals surface area contributed by atoms with Crippen molar-refractivity contribution in [1.29, 1.82) is 0 Å². The average molecular weight is 472 g/mol. The number of carboxylic acid groups (broad SMARTS) is 1. The third-order valence-electron chi connectivity index (χ3n) is 6.31. The summed E-state index contributed by atoms with van der Waals surface area (Å²) in [6, 6.07) is 21.0. The minimum Gasteiger partial charge on any atom is -0.482 e. The quantitative estimate of drug-likeness (QED) is 0.545. The van der Waals surface area contributed by atoms with Crippen molar-refractivity contribution >= 4 is 29.2 Å². The molecule has 2 heterocycles. The van der Waals surface area contributed by atoms with Gasteiger partial charge in [-0.1, -0.05) is 54.1 Å². The third kappa shape index (κ3) is 3.91. The molecule has 0 aromatic heterocycles. The SMILES string of the molecule is Cc1ccc(N2C(=O)C3ON(c4ccccc4)C(c4ccccc4OCC(=O)O)C3C2=O)c(C)c1. The molecule has 8 heteroatoms. The van der Waals surface area contributed by atoms with Crippen LogP contribution in [0.1, 0.15) is 22.7 Å². The minimum absolute atomic E-state index is 0.315. The highest BCUT2D eigenvalue weighted by atomic mass is 16.7. The molecule has 2 aliphatic heterocycles. The van der Waals surface area contributed by atoms with Gasteiger partial charge in [0.2, 0.25) is 5.91 Å². The standard InChI is InChI=1S/C27H24N2O6/c1-16-12-13-20(17(2)14-16)28-26(32)23-24(19-10-6-7-11-21(19)34-15-22(30)31)29(35-25(23)27(28)33)18-8-4-3-5-9-18/h3-14,23-25H,15H2,1-2H3,(H,30,31). The number of imide groups is 1. The van der Waals surface area contributed by atoms with E-state index in [0.29, 0.717) is 22.7 Å². The number of para-hydroxylation sites is 2. The molecule has 0 spiro atoms. The molecule has 0 radical (unpaired) electrons. The maximum atomic E-state index is 13.8. The molecule has 3 atom stereocenters. The molecule has 2 aliphatic rings. The number of aliphatic carboxylic acids is 1. The van der Waals surface area contributed by atoms with E-state index in [0.717, 1.165) is 11.1 Å². The van der Waals surface area contributed by atoms with E-state index in [1.807, 2.05) is 56.3 Å². The fraction of sp³-hybridized carbons (Fsp3) is 0.222. The normalized spacial score (nSPS) is 21.4. The fourth-order valence-electron chi connectivity index (χ4n) is 4.82. The molecule has 2 saturated heterocycles. The predicted octanol–water partition coefficient (Wildman–Crippen LogP) is 3.82. The molecule has 5 rings (SSSR count). The van der Waals surface area contributed by atoms with Crippen LogP contribution in [0, 0.1) is 19.8 Å². The molecule has 3 aromatic rings. The monoisotopic (exact) mass is 472 g/mol. The first-order valence-electron chi connectivity index (χ1n) is 11.3. The van der Waals surface area contributed by atoms with Crippen LogP contribution >= 0.6 is 0 Å². The summed E-state index contributed by atoms with van der Waals surface area (Å²) in [6.07, 6.45) is -1.03. The Morgan fingerprint density at radius 2 is 1.69 bits per heavy atom. The Labute approximate surface area is 202 Å². The van der Waals surface area contributed by atoms with Gasteiger partial charge < -0.3 is 9.84 Å². The summed E-state index contributed by atoms with van der Waals surface area (Å²) in [6.45, 7) is 3.27. The molecule has 178 valence electrons. The van der Waals surface area contributed by atoms with Crippen molar-refractivity contribution in [2.45, 2.75) is 26.0 Å². The molecular formula is C27H24N2O6. The Morgan fingerprint density at radius 3 is 2.40 bits per heavy atom. The number of carboxylic acids is 1. The number of carbonyl (C=O) groups excluding carboxylic acids is 2. The van der Waals surface area contributed by atoms with Crippen molar-refractivity contribution in [2.75, 3.05) is 16.6 Å². The van der Waals surface area contributed by atoms with E-state index in [9.17, 15) is 14.4 Å². The summed E-state index contributed by atoms with van der Waals surface area (Å²) < 4.78 is 5.56. The first-order chi connectivity index (χ1) is 16.9. The van der Waals surface area contributed by atoms with E-state index >= 15 is 0 Å². The van der Waals surface area contributed by atoms with Gasteiger partial charge in [0.25, 0.3) is 5.91 Å². The number of rotatable bonds is 6. The van der Waals surface area contributed by atoms with Crippen molar-refractivity contribution in [1.82, 2.24) is 0 Å². The number of ether oxygens (including phenoxy) is 1. The molecule has 3 unspecified atom stereocenters. The largest absolute Gasteiger partial charge is 0.482 e. The van der Waals surface area contributed by atoms with Crippen LogP contribution in [0.5, 0.6) is 5.75 Å². The number of hydroxylamine groups is 1. The van der Waals surface area contributed by atoms with Gasteiger partial charge in [0.1, 0.15) is 11.7 Å². The number of hydrogen-bond donors (Lipinski definition) is 1. The van der Waals surface area contributed by atoms with Crippen LogP contribution in [0.4, 0.5) is 11.4 Å². The summed E-state index contributed by atoms with van der Waals surface area (Å²) in [7, 11) is 0. The van der Waals surface area contributed by atoms with Gasteiger partial charge in [-0.15, -0.1) is 0 Å². The highest BCUT2D eigenvalue weighted by molar-refractivity contribution is 6.24. The van der Waals surface area contributed by atoms with Crippen LogP contribution < -0.4 is 14.7 Å². The zero-order valence-corrected chi connectivity index (χ0v) is 19.3. The van der Waals surface area contributed by atoms with Crippen LogP contribution in [0.3, 0.4) is 0 Å². The van der Waals surface area contributed by atoms with Crippen molar-refractivity contribution in [3.8, 4) is 5.75 Å². The number of benzene rings is 3. The summed E-state index contributed by atoms with van der Waals surface area (Å²) in [5.74, 6) is -2.45. The number of anilines is 2. The number of hydrogen-bond acceptors (Lipinski definition) is 6. The molecule has 35 heavy (non-hydrogen) atoms. The van der Waals surface area contributed by atoms with Gasteiger partial charge in [-0.05, 0) is 43.7 Å². The second kappa shape index (κ2) is 8.88. The van der Waals surface area contributed by atoms with Gasteiger partial charge >= 0.3 is 5.97 Å². The van der Waals surface area contributed by atoms with Crippen molar-refractivity contribution < 1.29 is 29.1 Å². The second-order valence-corrected chi connectivity index (χ2v) is 8.68. The number of carbonyl (C=O) groups is 3. The fourth-order valence-corrected chi connectivity index (χ4v) is 4.82. The lowest BCUT2D eigenvalue weighted by atomic mass is 9.90. The summed E-state index contributed by atoms with van der Waals surface area (Å²) in [5.41, 5.74) is 3.60. The van der Waals surface area contributed by atoms with Gasteiger partial charge in [-0.2, -0.15) is 0 Å². The molecule has 1 N–H and O–H groups in total. The zero-order valence-electron chi connectivity index (χ0n) is 19.3. The number of nitrogens with zero attached hydrogens (tertiary/aromatic N) is 2. The first-order valence-corrected chi connectivity index (χ1v) is 11.3. The first kappa shape index (κ1) is 22.6. The Bertz CT molecular complexity index is 1310. The molecule has 8 nitrogen and oxygen atoms in total. The van der Waals surface area contributed by atoms with E-state index < -0.39 is 36.5 Å². The Balaban J connectivity index is 1.60. The molecule has 0 bridgehead atoms. The van der Waals surface area contributed by atoms with Crippen LogP contribution in [-0.2, 0) is 19.2 Å². The molecule has 2 amide bonds. The van der Waals surface area contributed by atoms with E-state index in [1.54, 1.807) is 35.4 Å². The third-order valence-corrected chi connectivity index (χ3v) is 6.31. The van der Waals surface area contributed by atoms with E-state index in [2.05, 4.69) is 0 Å². The van der Waals surface area contributed by atoms with Crippen LogP contribution in [0.2, 0.25) is 0 Å². The highest BCUT2D eigenvalue weighted by Crippen LogP contribution is 2.49. The van der Waals surface area contributed by atoms with Gasteiger partial charge in [0.05, 0.1) is 17.4 Å². The highest BCUT2D eigenvalue weighted by Gasteiger charge is 2.60.